The van der Waals surface area contributed by atoms with Crippen LogP contribution in [0.4, 0.5) is 0 Å². The van der Waals surface area contributed by atoms with Gasteiger partial charge in [0.2, 0.25) is 0 Å². The highest BCUT2D eigenvalue weighted by Crippen LogP contribution is 2.47. The van der Waals surface area contributed by atoms with Gasteiger partial charge in [0.05, 0.1) is 9.39 Å². The Morgan fingerprint density at radius 3 is 2.76 bits per heavy atom. The van der Waals surface area contributed by atoms with E-state index >= 15 is 0 Å². The molecule has 17 heavy (non-hydrogen) atoms. The minimum atomic E-state index is -0.210. The third kappa shape index (κ3) is 2.18. The van der Waals surface area contributed by atoms with E-state index in [4.69, 9.17) is 28.2 Å². The van der Waals surface area contributed by atoms with Gasteiger partial charge in [-0.15, -0.1) is 0 Å². The summed E-state index contributed by atoms with van der Waals surface area (Å²) in [5, 5.41) is 3.86. The zero-order chi connectivity index (χ0) is 11.8. The van der Waals surface area contributed by atoms with Crippen molar-refractivity contribution in [2.45, 2.75) is 32.1 Å². The lowest BCUT2D eigenvalue weighted by Crippen LogP contribution is -2.08. The van der Waals surface area contributed by atoms with E-state index in [2.05, 4.69) is 0 Å². The summed E-state index contributed by atoms with van der Waals surface area (Å²) >= 11 is 12.6. The number of rotatable bonds is 0. The Kier molecular flexibility index (Phi) is 3.29. The van der Waals surface area contributed by atoms with Crippen LogP contribution in [0.2, 0.25) is 0 Å². The molecule has 3 aliphatic rings. The Morgan fingerprint density at radius 1 is 1.06 bits per heavy atom. The highest BCUT2D eigenvalue weighted by molar-refractivity contribution is 8.23. The van der Waals surface area contributed by atoms with Crippen molar-refractivity contribution < 1.29 is 0 Å². The summed E-state index contributed by atoms with van der Waals surface area (Å²) in [6, 6.07) is 0. The third-order valence-electron chi connectivity index (χ3n) is 3.21. The minimum absolute atomic E-state index is 0.210. The minimum Gasteiger partial charge on any atom is -0.246 e. The molecule has 90 valence electrons. The second kappa shape index (κ2) is 4.75. The molecule has 0 saturated heterocycles. The third-order valence-corrected chi connectivity index (χ3v) is 6.10. The summed E-state index contributed by atoms with van der Waals surface area (Å²) in [5.74, 6) is 0. The summed E-state index contributed by atoms with van der Waals surface area (Å²) in [6.45, 7) is 0. The molecular weight excluding hydrogens is 273 g/mol. The number of hydrogen-bond donors (Lipinski definition) is 0. The van der Waals surface area contributed by atoms with E-state index < -0.39 is 0 Å². The molecule has 1 unspecified atom stereocenters. The van der Waals surface area contributed by atoms with Gasteiger partial charge < -0.3 is 0 Å². The van der Waals surface area contributed by atoms with Gasteiger partial charge in [0.15, 0.2) is 0 Å². The fourth-order valence-electron chi connectivity index (χ4n) is 2.33. The summed E-state index contributed by atoms with van der Waals surface area (Å²) in [4.78, 5) is 4.78. The lowest BCUT2D eigenvalue weighted by Gasteiger charge is -2.22. The van der Waals surface area contributed by atoms with Crippen LogP contribution in [0.25, 0.3) is 0 Å². The molecule has 0 aromatic carbocycles. The molecule has 1 atom stereocenters. The SMILES string of the molecule is ClC1=CC=C2N=C3CCCCCC3=C(Cl)S2=C1. The van der Waals surface area contributed by atoms with Gasteiger partial charge in [-0.1, -0.05) is 40.1 Å². The van der Waals surface area contributed by atoms with E-state index in [0.717, 1.165) is 27.3 Å². The standard InChI is InChI=1S/C13H13Cl2NS/c14-9-6-7-12-16-11-5-3-1-2-4-10(11)13(15)17(12)8-9/h6-8H,1-5H2. The first kappa shape index (κ1) is 11.8. The van der Waals surface area contributed by atoms with Gasteiger partial charge in [0.25, 0.3) is 0 Å². The van der Waals surface area contributed by atoms with Crippen LogP contribution in [0.5, 0.6) is 0 Å². The first-order valence-electron chi connectivity index (χ1n) is 5.88. The topological polar surface area (TPSA) is 12.4 Å². The number of halogens is 2. The number of aliphatic imine (C=N–C) groups is 1. The Balaban J connectivity index is 2.12. The van der Waals surface area contributed by atoms with E-state index in [9.17, 15) is 0 Å². The van der Waals surface area contributed by atoms with Crippen molar-refractivity contribution in [2.75, 3.05) is 0 Å². The molecule has 1 nitrogen and oxygen atoms in total. The van der Waals surface area contributed by atoms with Gasteiger partial charge in [-0.05, 0) is 48.8 Å². The molecule has 0 aromatic rings. The van der Waals surface area contributed by atoms with Crippen molar-refractivity contribution in [1.82, 2.24) is 0 Å². The summed E-state index contributed by atoms with van der Waals surface area (Å²) in [5.41, 5.74) is 2.49. The zero-order valence-electron chi connectivity index (χ0n) is 9.38. The van der Waals surface area contributed by atoms with E-state index in [0.29, 0.717) is 0 Å². The molecule has 0 radical (unpaired) electrons. The van der Waals surface area contributed by atoms with E-state index in [1.807, 2.05) is 17.5 Å². The van der Waals surface area contributed by atoms with Crippen LogP contribution in [0.15, 0.2) is 37.1 Å². The average molecular weight is 286 g/mol. The van der Waals surface area contributed by atoms with Gasteiger partial charge in [0.1, 0.15) is 0 Å². The maximum absolute atomic E-state index is 6.55. The van der Waals surface area contributed by atoms with Gasteiger partial charge in [-0.25, -0.2) is 4.99 Å². The molecule has 0 N–H and O–H groups in total. The van der Waals surface area contributed by atoms with Crippen molar-refractivity contribution in [2.24, 2.45) is 4.99 Å². The first-order chi connectivity index (χ1) is 8.25. The van der Waals surface area contributed by atoms with Crippen LogP contribution in [0.3, 0.4) is 0 Å². The van der Waals surface area contributed by atoms with Crippen LogP contribution in [-0.2, 0) is 0 Å². The van der Waals surface area contributed by atoms with E-state index in [-0.39, 0.29) is 10.5 Å². The van der Waals surface area contributed by atoms with Crippen molar-refractivity contribution in [3.8, 4) is 0 Å². The molecule has 0 aromatic heterocycles. The molecule has 3 rings (SSSR count). The van der Waals surface area contributed by atoms with Crippen LogP contribution in [0.1, 0.15) is 32.1 Å². The predicted molar refractivity (Wildman–Crippen MR) is 79.1 cm³/mol. The Hall–Kier alpha value is -0.310. The maximum atomic E-state index is 6.55. The maximum Gasteiger partial charge on any atom is 0.0962 e. The van der Waals surface area contributed by atoms with Crippen LogP contribution >= 0.6 is 33.7 Å². The highest BCUT2D eigenvalue weighted by atomic mass is 35.5. The van der Waals surface area contributed by atoms with Crippen molar-refractivity contribution in [3.05, 3.63) is 32.2 Å². The summed E-state index contributed by atoms with van der Waals surface area (Å²) in [6.07, 6.45) is 9.78. The second-order valence-electron chi connectivity index (χ2n) is 4.38. The molecule has 0 spiro atoms. The Labute approximate surface area is 114 Å². The highest BCUT2D eigenvalue weighted by Gasteiger charge is 2.24. The largest absolute Gasteiger partial charge is 0.246 e. The molecule has 2 heterocycles. The Bertz CT molecular complexity index is 524. The van der Waals surface area contributed by atoms with Crippen molar-refractivity contribution >= 4 is 44.8 Å². The Morgan fingerprint density at radius 2 is 1.88 bits per heavy atom. The van der Waals surface area contributed by atoms with E-state index in [1.54, 1.807) is 0 Å². The zero-order valence-corrected chi connectivity index (χ0v) is 11.7. The summed E-state index contributed by atoms with van der Waals surface area (Å²) in [7, 11) is -0.210. The smallest absolute Gasteiger partial charge is 0.0962 e. The van der Waals surface area contributed by atoms with Gasteiger partial charge in [-0.3, -0.25) is 0 Å². The molecule has 4 heteroatoms. The molecule has 1 fully saturated rings. The number of fused-ring (bicyclic) bond motifs is 2. The number of allylic oxidation sites excluding steroid dienone is 4. The van der Waals surface area contributed by atoms with Crippen LogP contribution < -0.4 is 0 Å². The lowest BCUT2D eigenvalue weighted by molar-refractivity contribution is 0.724. The van der Waals surface area contributed by atoms with E-state index in [1.165, 1.54) is 30.5 Å². The fourth-order valence-corrected chi connectivity index (χ4v) is 4.86. The number of nitrogens with zero attached hydrogens (tertiary/aromatic N) is 1. The molecule has 2 aliphatic heterocycles. The van der Waals surface area contributed by atoms with Crippen LogP contribution in [0, 0.1) is 0 Å². The quantitative estimate of drug-likeness (QED) is 0.561. The van der Waals surface area contributed by atoms with Gasteiger partial charge >= 0.3 is 0 Å². The first-order valence-corrected chi connectivity index (χ1v) is 7.92. The summed E-state index contributed by atoms with van der Waals surface area (Å²) < 4.78 is 0.967. The van der Waals surface area contributed by atoms with Crippen molar-refractivity contribution in [3.63, 3.8) is 0 Å². The monoisotopic (exact) mass is 285 g/mol. The molecule has 1 saturated carbocycles. The number of hydrogen-bond acceptors (Lipinski definition) is 1. The van der Waals surface area contributed by atoms with Crippen molar-refractivity contribution in [1.29, 1.82) is 0 Å². The predicted octanol–water partition coefficient (Wildman–Crippen LogP) is 4.90. The molecular formula is C13H13Cl2NS. The fraction of sp³-hybridized carbons (Fsp3) is 0.385. The van der Waals surface area contributed by atoms with Gasteiger partial charge in [0, 0.05) is 10.7 Å². The molecule has 1 aliphatic carbocycles. The normalized spacial score (nSPS) is 28.1. The van der Waals surface area contributed by atoms with Gasteiger partial charge in [-0.2, -0.15) is 0 Å². The molecule has 0 bridgehead atoms. The average Bonchev–Trinajstić information content (AvgIpc) is 2.56. The van der Waals surface area contributed by atoms with Crippen LogP contribution in [-0.4, -0.2) is 11.1 Å². The second-order valence-corrected chi connectivity index (χ2v) is 7.16. The molecule has 0 amide bonds. The lowest BCUT2D eigenvalue weighted by atomic mass is 10.1.